The predicted octanol–water partition coefficient (Wildman–Crippen LogP) is 7.35. The van der Waals surface area contributed by atoms with Gasteiger partial charge in [0.05, 0.1) is 10.6 Å². The lowest BCUT2D eigenvalue weighted by atomic mass is 9.94. The van der Waals surface area contributed by atoms with Gasteiger partial charge in [0, 0.05) is 23.5 Å². The van der Waals surface area contributed by atoms with E-state index in [1.807, 2.05) is 80.6 Å². The molecule has 0 saturated heterocycles. The zero-order valence-electron chi connectivity index (χ0n) is 26.9. The minimum absolute atomic E-state index is 0.0447. The molecule has 0 heterocycles. The number of nitrogens with one attached hydrogen (secondary N) is 1. The van der Waals surface area contributed by atoms with E-state index >= 15 is 0 Å². The van der Waals surface area contributed by atoms with Crippen LogP contribution >= 0.6 is 15.9 Å². The summed E-state index contributed by atoms with van der Waals surface area (Å²) in [5, 5.41) is 3.25. The van der Waals surface area contributed by atoms with E-state index in [4.69, 9.17) is 0 Å². The van der Waals surface area contributed by atoms with Gasteiger partial charge in [-0.15, -0.1) is 0 Å². The highest BCUT2D eigenvalue weighted by Crippen LogP contribution is 2.26. The van der Waals surface area contributed by atoms with Gasteiger partial charge in [0.1, 0.15) is 12.6 Å². The van der Waals surface area contributed by atoms with Gasteiger partial charge < -0.3 is 10.2 Å². The fourth-order valence-electron chi connectivity index (χ4n) is 6.01. The number of nitrogens with zero attached hydrogens (tertiary/aromatic N) is 2. The van der Waals surface area contributed by atoms with E-state index < -0.39 is 28.5 Å². The molecular weight excluding hydrogens is 674 g/mol. The van der Waals surface area contributed by atoms with E-state index in [1.165, 1.54) is 0 Å². The van der Waals surface area contributed by atoms with Crippen LogP contribution < -0.4 is 9.62 Å². The van der Waals surface area contributed by atoms with Crippen molar-refractivity contribution in [1.82, 2.24) is 10.2 Å². The second kappa shape index (κ2) is 15.8. The van der Waals surface area contributed by atoms with E-state index in [2.05, 4.69) is 21.2 Å². The Hall–Kier alpha value is -3.95. The van der Waals surface area contributed by atoms with Gasteiger partial charge in [0.2, 0.25) is 11.8 Å². The Bertz CT molecular complexity index is 1760. The fraction of sp³-hybridized carbons (Fsp3) is 0.316. The van der Waals surface area contributed by atoms with Crippen LogP contribution in [0.2, 0.25) is 0 Å². The van der Waals surface area contributed by atoms with Gasteiger partial charge in [-0.1, -0.05) is 113 Å². The van der Waals surface area contributed by atoms with Gasteiger partial charge in [0.25, 0.3) is 10.0 Å². The lowest BCUT2D eigenvalue weighted by molar-refractivity contribution is -0.140. The molecule has 0 bridgehead atoms. The quantitative estimate of drug-likeness (QED) is 0.166. The Kier molecular flexibility index (Phi) is 11.5. The standard InChI is InChI=1S/C38H42BrN3O4S/c1-28-16-20-34(21-17-28)42(47(45,46)35-22-18-29(2)19-23-35)27-37(43)41(26-31-12-9-13-32(39)24-31)36(25-30-10-5-3-6-11-30)38(44)40-33-14-7-4-8-15-33/h3,5-6,9-13,16-24,33,36H,4,7-8,14-15,25-27H2,1-2H3,(H,40,44)/t36-/m0/s1. The second-order valence-corrected chi connectivity index (χ2v) is 15.1. The minimum Gasteiger partial charge on any atom is -0.352 e. The first-order valence-electron chi connectivity index (χ1n) is 16.1. The zero-order valence-corrected chi connectivity index (χ0v) is 29.3. The van der Waals surface area contributed by atoms with Crippen LogP contribution in [0.1, 0.15) is 54.4 Å². The lowest BCUT2D eigenvalue weighted by Crippen LogP contribution is -2.55. The smallest absolute Gasteiger partial charge is 0.264 e. The lowest BCUT2D eigenvalue weighted by Gasteiger charge is -2.35. The van der Waals surface area contributed by atoms with Crippen molar-refractivity contribution >= 4 is 43.5 Å². The van der Waals surface area contributed by atoms with Crippen molar-refractivity contribution in [2.75, 3.05) is 10.8 Å². The van der Waals surface area contributed by atoms with Gasteiger partial charge in [-0.05, 0) is 74.2 Å². The van der Waals surface area contributed by atoms with E-state index in [9.17, 15) is 18.0 Å². The largest absolute Gasteiger partial charge is 0.352 e. The number of halogens is 1. The van der Waals surface area contributed by atoms with Gasteiger partial charge in [-0.25, -0.2) is 8.42 Å². The van der Waals surface area contributed by atoms with Crippen molar-refractivity contribution in [2.24, 2.45) is 0 Å². The third-order valence-corrected chi connectivity index (χ3v) is 11.0. The highest BCUT2D eigenvalue weighted by Gasteiger charge is 2.35. The number of benzene rings is 4. The van der Waals surface area contributed by atoms with Gasteiger partial charge in [-0.3, -0.25) is 13.9 Å². The molecule has 0 radical (unpaired) electrons. The van der Waals surface area contributed by atoms with Crippen LogP contribution in [0.5, 0.6) is 0 Å². The molecule has 9 heteroatoms. The molecule has 1 aliphatic rings. The highest BCUT2D eigenvalue weighted by molar-refractivity contribution is 9.10. The normalized spacial score (nSPS) is 14.3. The zero-order chi connectivity index (χ0) is 33.4. The van der Waals surface area contributed by atoms with Crippen LogP contribution in [0.3, 0.4) is 0 Å². The summed E-state index contributed by atoms with van der Waals surface area (Å²) < 4.78 is 30.4. The number of carbonyl (C=O) groups excluding carboxylic acids is 2. The maximum Gasteiger partial charge on any atom is 0.264 e. The molecule has 1 saturated carbocycles. The average molecular weight is 717 g/mol. The first kappa shape index (κ1) is 34.4. The Morgan fingerprint density at radius 2 is 1.43 bits per heavy atom. The topological polar surface area (TPSA) is 86.8 Å². The third kappa shape index (κ3) is 9.11. The fourth-order valence-corrected chi connectivity index (χ4v) is 7.87. The average Bonchev–Trinajstić information content (AvgIpc) is 3.06. The molecule has 1 atom stereocenters. The molecule has 4 aromatic rings. The summed E-state index contributed by atoms with van der Waals surface area (Å²) in [5.74, 6) is -0.701. The monoisotopic (exact) mass is 715 g/mol. The molecule has 246 valence electrons. The maximum atomic E-state index is 14.7. The Balaban J connectivity index is 1.56. The van der Waals surface area contributed by atoms with Gasteiger partial charge in [-0.2, -0.15) is 0 Å². The summed E-state index contributed by atoms with van der Waals surface area (Å²) in [6, 6.07) is 30.1. The van der Waals surface area contributed by atoms with E-state index in [0.717, 1.165) is 63.1 Å². The SMILES string of the molecule is Cc1ccc(N(CC(=O)N(Cc2cccc(Br)c2)[C@@H](Cc2ccccc2)C(=O)NC2CCCCC2)S(=O)(=O)c2ccc(C)cc2)cc1. The summed E-state index contributed by atoms with van der Waals surface area (Å²) in [7, 11) is -4.14. The summed E-state index contributed by atoms with van der Waals surface area (Å²) in [4.78, 5) is 30.5. The van der Waals surface area contributed by atoms with Gasteiger partial charge in [0.15, 0.2) is 0 Å². The molecule has 2 amide bonds. The number of aryl methyl sites for hydroxylation is 2. The van der Waals surface area contributed by atoms with Crippen molar-refractivity contribution in [3.05, 3.63) is 130 Å². The first-order valence-corrected chi connectivity index (χ1v) is 18.4. The van der Waals surface area contributed by atoms with Crippen LogP contribution in [0, 0.1) is 13.8 Å². The minimum atomic E-state index is -4.14. The summed E-state index contributed by atoms with van der Waals surface area (Å²) in [5.41, 5.74) is 3.99. The van der Waals surface area contributed by atoms with Crippen molar-refractivity contribution in [3.8, 4) is 0 Å². The van der Waals surface area contributed by atoms with Crippen LogP contribution in [-0.2, 0) is 32.6 Å². The second-order valence-electron chi connectivity index (χ2n) is 12.4. The number of carbonyl (C=O) groups is 2. The number of hydrogen-bond acceptors (Lipinski definition) is 4. The Morgan fingerprint density at radius 3 is 2.06 bits per heavy atom. The highest BCUT2D eigenvalue weighted by atomic mass is 79.9. The number of sulfonamides is 1. The number of hydrogen-bond donors (Lipinski definition) is 1. The molecule has 1 fully saturated rings. The number of amides is 2. The molecule has 0 unspecified atom stereocenters. The van der Waals surface area contributed by atoms with Crippen molar-refractivity contribution in [1.29, 1.82) is 0 Å². The molecule has 1 aliphatic carbocycles. The molecule has 5 rings (SSSR count). The predicted molar refractivity (Wildman–Crippen MR) is 191 cm³/mol. The third-order valence-electron chi connectivity index (χ3n) is 8.67. The first-order chi connectivity index (χ1) is 22.6. The Morgan fingerprint density at radius 1 is 0.809 bits per heavy atom. The summed E-state index contributed by atoms with van der Waals surface area (Å²) in [6.45, 7) is 3.46. The molecule has 0 aromatic heterocycles. The van der Waals surface area contributed by atoms with E-state index in [-0.39, 0.29) is 29.8 Å². The van der Waals surface area contributed by atoms with Crippen molar-refractivity contribution in [3.63, 3.8) is 0 Å². The summed E-state index contributed by atoms with van der Waals surface area (Å²) >= 11 is 3.54. The van der Waals surface area contributed by atoms with Crippen LogP contribution in [0.15, 0.2) is 112 Å². The molecule has 7 nitrogen and oxygen atoms in total. The van der Waals surface area contributed by atoms with E-state index in [1.54, 1.807) is 41.3 Å². The van der Waals surface area contributed by atoms with Crippen molar-refractivity contribution < 1.29 is 18.0 Å². The molecule has 1 N–H and O–H groups in total. The van der Waals surface area contributed by atoms with Crippen LogP contribution in [0.4, 0.5) is 5.69 Å². The van der Waals surface area contributed by atoms with Crippen molar-refractivity contribution in [2.45, 2.75) is 75.9 Å². The molecular formula is C38H42BrN3O4S. The summed E-state index contributed by atoms with van der Waals surface area (Å²) in [6.07, 6.45) is 5.35. The molecule has 47 heavy (non-hydrogen) atoms. The number of anilines is 1. The van der Waals surface area contributed by atoms with Crippen LogP contribution in [-0.4, -0.2) is 43.8 Å². The molecule has 0 aliphatic heterocycles. The number of rotatable bonds is 12. The Labute approximate surface area is 287 Å². The maximum absolute atomic E-state index is 14.7. The molecule has 4 aromatic carbocycles. The molecule has 0 spiro atoms. The van der Waals surface area contributed by atoms with E-state index in [0.29, 0.717) is 5.69 Å². The van der Waals surface area contributed by atoms with Gasteiger partial charge >= 0.3 is 0 Å². The van der Waals surface area contributed by atoms with Crippen LogP contribution in [0.25, 0.3) is 0 Å².